The topological polar surface area (TPSA) is 40.9 Å². The number of nitrogens with zero attached hydrogens (tertiary/aromatic N) is 1. The summed E-state index contributed by atoms with van der Waals surface area (Å²) in [7, 11) is 0. The molecule has 0 aliphatic rings. The minimum Gasteiger partial charge on any atom is -0.300 e. The van der Waals surface area contributed by atoms with Crippen molar-refractivity contribution in [3.05, 3.63) is 0 Å². The molecule has 0 rings (SSSR count). The maximum absolute atomic E-state index is 11.7. The highest BCUT2D eigenvalue weighted by Crippen LogP contribution is 2.30. The minimum atomic E-state index is -0.472. The molecule has 2 nitrogen and oxygen atoms in total. The number of hydrogen-bond donors (Lipinski definition) is 0. The van der Waals surface area contributed by atoms with Gasteiger partial charge in [-0.3, -0.25) is 4.79 Å². The molecule has 0 aliphatic heterocycles. The smallest absolute Gasteiger partial charge is 0.134 e. The molecule has 1 unspecified atom stereocenters. The molecule has 0 aromatic rings. The average molecular weight is 209 g/mol. The van der Waals surface area contributed by atoms with E-state index in [-0.39, 0.29) is 5.78 Å². The average Bonchev–Trinajstić information content (AvgIpc) is 2.00. The molecule has 0 spiro atoms. The van der Waals surface area contributed by atoms with Gasteiger partial charge in [0.05, 0.1) is 11.5 Å². The van der Waals surface area contributed by atoms with Gasteiger partial charge in [0.1, 0.15) is 5.78 Å². The predicted octanol–water partition coefficient (Wildman–Crippen LogP) is 3.57. The highest BCUT2D eigenvalue weighted by molar-refractivity contribution is 5.79. The van der Waals surface area contributed by atoms with Crippen LogP contribution in [0.2, 0.25) is 0 Å². The molecule has 0 aliphatic carbocycles. The van der Waals surface area contributed by atoms with Crippen molar-refractivity contribution in [1.82, 2.24) is 0 Å². The second-order valence-electron chi connectivity index (χ2n) is 5.58. The maximum atomic E-state index is 11.7. The second-order valence-corrected chi connectivity index (χ2v) is 5.58. The number of Topliss-reactive ketones (excluding diaryl/α,β-unsaturated/α-hetero) is 1. The zero-order chi connectivity index (χ0) is 12.1. The Labute approximate surface area is 93.7 Å². The lowest BCUT2D eigenvalue weighted by Gasteiger charge is -2.23. The van der Waals surface area contributed by atoms with Crippen molar-refractivity contribution in [3.63, 3.8) is 0 Å². The minimum absolute atomic E-state index is 0.217. The highest BCUT2D eigenvalue weighted by Gasteiger charge is 2.28. The third-order valence-electron chi connectivity index (χ3n) is 2.35. The molecule has 0 saturated heterocycles. The normalized spacial score (nSPS) is 15.1. The molecule has 86 valence electrons. The number of hydrogen-bond acceptors (Lipinski definition) is 2. The van der Waals surface area contributed by atoms with Crippen molar-refractivity contribution in [2.75, 3.05) is 0 Å². The van der Waals surface area contributed by atoms with E-state index in [0.717, 1.165) is 6.42 Å². The standard InChI is InChI=1S/C13H23NO/c1-10(2)6-12(15)8-13(5,9-14)7-11(3)4/h10-11H,6-8H2,1-5H3. The lowest BCUT2D eigenvalue weighted by Crippen LogP contribution is -2.21. The molecule has 0 heterocycles. The molecule has 0 N–H and O–H groups in total. The van der Waals surface area contributed by atoms with Crippen LogP contribution in [0.4, 0.5) is 0 Å². The molecule has 0 aromatic heterocycles. The molecule has 0 radical (unpaired) electrons. The zero-order valence-electron chi connectivity index (χ0n) is 10.6. The van der Waals surface area contributed by atoms with E-state index in [1.165, 1.54) is 0 Å². The third kappa shape index (κ3) is 6.28. The van der Waals surface area contributed by atoms with E-state index in [1.807, 2.05) is 20.8 Å². The Bertz CT molecular complexity index is 250. The van der Waals surface area contributed by atoms with Gasteiger partial charge in [-0.15, -0.1) is 0 Å². The Morgan fingerprint density at radius 3 is 2.13 bits per heavy atom. The highest BCUT2D eigenvalue weighted by atomic mass is 16.1. The van der Waals surface area contributed by atoms with Crippen molar-refractivity contribution in [2.24, 2.45) is 17.3 Å². The summed E-state index contributed by atoms with van der Waals surface area (Å²) in [4.78, 5) is 11.7. The molecule has 0 saturated carbocycles. The SMILES string of the molecule is CC(C)CC(=O)CC(C)(C#N)CC(C)C. The van der Waals surface area contributed by atoms with Crippen LogP contribution in [0.25, 0.3) is 0 Å². The van der Waals surface area contributed by atoms with E-state index in [2.05, 4.69) is 19.9 Å². The molecule has 1 atom stereocenters. The van der Waals surface area contributed by atoms with Gasteiger partial charge < -0.3 is 0 Å². The van der Waals surface area contributed by atoms with Crippen molar-refractivity contribution >= 4 is 5.78 Å². The van der Waals surface area contributed by atoms with Gasteiger partial charge in [-0.25, -0.2) is 0 Å². The van der Waals surface area contributed by atoms with Crippen LogP contribution in [-0.2, 0) is 4.79 Å². The summed E-state index contributed by atoms with van der Waals surface area (Å²) in [6, 6.07) is 2.29. The number of carbonyl (C=O) groups excluding carboxylic acids is 1. The monoisotopic (exact) mass is 209 g/mol. The molecule has 0 bridgehead atoms. The van der Waals surface area contributed by atoms with Crippen LogP contribution >= 0.6 is 0 Å². The molecule has 0 amide bonds. The second kappa shape index (κ2) is 5.90. The summed E-state index contributed by atoms with van der Waals surface area (Å²) in [5, 5.41) is 9.11. The van der Waals surface area contributed by atoms with Gasteiger partial charge in [0.25, 0.3) is 0 Å². The first-order valence-corrected chi connectivity index (χ1v) is 5.72. The predicted molar refractivity (Wildman–Crippen MR) is 62.3 cm³/mol. The number of nitriles is 1. The van der Waals surface area contributed by atoms with Crippen molar-refractivity contribution < 1.29 is 4.79 Å². The van der Waals surface area contributed by atoms with Crippen LogP contribution in [-0.4, -0.2) is 5.78 Å². The van der Waals surface area contributed by atoms with Crippen molar-refractivity contribution in [2.45, 2.75) is 53.9 Å². The maximum Gasteiger partial charge on any atom is 0.134 e. The van der Waals surface area contributed by atoms with Crippen molar-refractivity contribution in [1.29, 1.82) is 5.26 Å². The van der Waals surface area contributed by atoms with Crippen molar-refractivity contribution in [3.8, 4) is 6.07 Å². The van der Waals surface area contributed by atoms with E-state index in [4.69, 9.17) is 5.26 Å². The first kappa shape index (κ1) is 14.2. The first-order valence-electron chi connectivity index (χ1n) is 5.72. The summed E-state index contributed by atoms with van der Waals surface area (Å²) >= 11 is 0. The summed E-state index contributed by atoms with van der Waals surface area (Å²) in [5.41, 5.74) is -0.472. The fourth-order valence-electron chi connectivity index (χ4n) is 2.02. The Morgan fingerprint density at radius 2 is 1.80 bits per heavy atom. The summed E-state index contributed by atoms with van der Waals surface area (Å²) in [6.45, 7) is 10.1. The van der Waals surface area contributed by atoms with E-state index in [1.54, 1.807) is 0 Å². The third-order valence-corrected chi connectivity index (χ3v) is 2.35. The molecule has 2 heteroatoms. The van der Waals surface area contributed by atoms with Crippen LogP contribution in [0.3, 0.4) is 0 Å². The van der Waals surface area contributed by atoms with E-state index >= 15 is 0 Å². The van der Waals surface area contributed by atoms with Crippen LogP contribution < -0.4 is 0 Å². The zero-order valence-corrected chi connectivity index (χ0v) is 10.6. The molecular formula is C13H23NO. The summed E-state index contributed by atoms with van der Waals surface area (Å²) < 4.78 is 0. The van der Waals surface area contributed by atoms with Crippen LogP contribution in [0.15, 0.2) is 0 Å². The van der Waals surface area contributed by atoms with Crippen LogP contribution in [0.5, 0.6) is 0 Å². The number of rotatable bonds is 6. The summed E-state index contributed by atoms with van der Waals surface area (Å²) in [6.07, 6.45) is 1.79. The van der Waals surface area contributed by atoms with Crippen LogP contribution in [0, 0.1) is 28.6 Å². The van der Waals surface area contributed by atoms with Crippen LogP contribution in [0.1, 0.15) is 53.9 Å². The lowest BCUT2D eigenvalue weighted by molar-refractivity contribution is -0.121. The quantitative estimate of drug-likeness (QED) is 0.671. The van der Waals surface area contributed by atoms with Gasteiger partial charge in [-0.2, -0.15) is 5.26 Å². The van der Waals surface area contributed by atoms with Gasteiger partial charge in [-0.05, 0) is 25.2 Å². The Balaban J connectivity index is 4.32. The van der Waals surface area contributed by atoms with E-state index < -0.39 is 5.41 Å². The van der Waals surface area contributed by atoms with Gasteiger partial charge >= 0.3 is 0 Å². The Hall–Kier alpha value is -0.840. The fourth-order valence-corrected chi connectivity index (χ4v) is 2.02. The number of carbonyl (C=O) groups is 1. The van der Waals surface area contributed by atoms with E-state index in [9.17, 15) is 4.79 Å². The van der Waals surface area contributed by atoms with Gasteiger partial charge in [0.15, 0.2) is 0 Å². The first-order chi connectivity index (χ1) is 6.79. The summed E-state index contributed by atoms with van der Waals surface area (Å²) in [5.74, 6) is 1.07. The molecular weight excluding hydrogens is 186 g/mol. The fraction of sp³-hybridized carbons (Fsp3) is 0.846. The van der Waals surface area contributed by atoms with Gasteiger partial charge in [-0.1, -0.05) is 27.7 Å². The Morgan fingerprint density at radius 1 is 1.27 bits per heavy atom. The number of ketones is 1. The van der Waals surface area contributed by atoms with Gasteiger partial charge in [0.2, 0.25) is 0 Å². The Kier molecular flexibility index (Phi) is 5.57. The molecule has 0 fully saturated rings. The molecule has 15 heavy (non-hydrogen) atoms. The molecule has 0 aromatic carbocycles. The van der Waals surface area contributed by atoms with E-state index in [0.29, 0.717) is 24.7 Å². The largest absolute Gasteiger partial charge is 0.300 e. The lowest BCUT2D eigenvalue weighted by atomic mass is 9.78. The van der Waals surface area contributed by atoms with Gasteiger partial charge in [0, 0.05) is 12.8 Å².